The van der Waals surface area contributed by atoms with Crippen molar-refractivity contribution in [3.8, 4) is 6.07 Å². The number of nitrogens with zero attached hydrogens (tertiary/aromatic N) is 2. The highest BCUT2D eigenvalue weighted by molar-refractivity contribution is 6.31. The number of nitriles is 1. The zero-order valence-corrected chi connectivity index (χ0v) is 8.99. The molecule has 15 heavy (non-hydrogen) atoms. The van der Waals surface area contributed by atoms with E-state index in [-0.39, 0.29) is 28.6 Å². The van der Waals surface area contributed by atoms with E-state index in [4.69, 9.17) is 28.5 Å². The van der Waals surface area contributed by atoms with Crippen LogP contribution in [0.4, 0.5) is 8.78 Å². The molecule has 1 heterocycles. The quantitative estimate of drug-likeness (QED) is 0.771. The first kappa shape index (κ1) is 12.2. The summed E-state index contributed by atoms with van der Waals surface area (Å²) < 4.78 is 25.0. The van der Waals surface area contributed by atoms with Crippen molar-refractivity contribution in [2.75, 3.05) is 0 Å². The van der Waals surface area contributed by atoms with Crippen LogP contribution >= 0.6 is 23.2 Å². The molecule has 6 heteroatoms. The van der Waals surface area contributed by atoms with E-state index >= 15 is 0 Å². The molecule has 0 aliphatic heterocycles. The maximum absolute atomic E-state index is 12.5. The summed E-state index contributed by atoms with van der Waals surface area (Å²) in [4.78, 5) is 3.64. The fraction of sp³-hybridized carbons (Fsp3) is 0.333. The predicted molar refractivity (Wildman–Crippen MR) is 53.1 cm³/mol. The molecule has 2 nitrogen and oxygen atoms in total. The second-order valence-electron chi connectivity index (χ2n) is 2.73. The van der Waals surface area contributed by atoms with Crippen LogP contribution in [0.5, 0.6) is 0 Å². The summed E-state index contributed by atoms with van der Waals surface area (Å²) >= 11 is 11.2. The van der Waals surface area contributed by atoms with Gasteiger partial charge < -0.3 is 0 Å². The molecule has 0 saturated heterocycles. The highest BCUT2D eigenvalue weighted by atomic mass is 35.5. The lowest BCUT2D eigenvalue weighted by atomic mass is 10.1. The third kappa shape index (κ3) is 2.77. The fourth-order valence-corrected chi connectivity index (χ4v) is 1.53. The number of halogens is 4. The lowest BCUT2D eigenvalue weighted by Gasteiger charge is -2.08. The average Bonchev–Trinajstić information content (AvgIpc) is 2.20. The smallest absolute Gasteiger partial charge is 0.249 e. The molecular weight excluding hydrogens is 245 g/mol. The average molecular weight is 251 g/mol. The van der Waals surface area contributed by atoms with E-state index in [2.05, 4.69) is 4.98 Å². The lowest BCUT2D eigenvalue weighted by Crippen LogP contribution is -2.01. The van der Waals surface area contributed by atoms with E-state index in [9.17, 15) is 8.78 Å². The third-order valence-electron chi connectivity index (χ3n) is 1.76. The van der Waals surface area contributed by atoms with Crippen molar-refractivity contribution >= 4 is 23.2 Å². The van der Waals surface area contributed by atoms with Crippen molar-refractivity contribution in [3.05, 3.63) is 28.0 Å². The van der Waals surface area contributed by atoms with Crippen LogP contribution in [0.2, 0.25) is 5.02 Å². The molecule has 0 radical (unpaired) electrons. The Morgan fingerprint density at radius 2 is 2.20 bits per heavy atom. The second kappa shape index (κ2) is 5.24. The Labute approximate surface area is 95.4 Å². The molecule has 1 aromatic heterocycles. The van der Waals surface area contributed by atoms with Crippen molar-refractivity contribution in [1.29, 1.82) is 5.26 Å². The fourth-order valence-electron chi connectivity index (χ4n) is 1.08. The number of hydrogen-bond acceptors (Lipinski definition) is 2. The van der Waals surface area contributed by atoms with E-state index in [1.54, 1.807) is 6.07 Å². The standard InChI is InChI=1S/C9H6Cl2F2N2/c10-4-5-3-6(11)7(1-2-14)15-8(5)9(12)13/h3,9H,1,4H2. The maximum atomic E-state index is 12.5. The minimum absolute atomic E-state index is 0.0841. The number of alkyl halides is 3. The van der Waals surface area contributed by atoms with Gasteiger partial charge in [0.05, 0.1) is 23.2 Å². The summed E-state index contributed by atoms with van der Waals surface area (Å²) in [5.74, 6) is -0.0841. The normalized spacial score (nSPS) is 10.4. The molecule has 0 N–H and O–H groups in total. The van der Waals surface area contributed by atoms with Crippen molar-refractivity contribution in [2.24, 2.45) is 0 Å². The van der Waals surface area contributed by atoms with Crippen molar-refractivity contribution in [3.63, 3.8) is 0 Å². The van der Waals surface area contributed by atoms with Crippen LogP contribution in [0, 0.1) is 11.3 Å². The van der Waals surface area contributed by atoms with Gasteiger partial charge in [0, 0.05) is 5.88 Å². The molecule has 1 aromatic rings. The molecule has 80 valence electrons. The Kier molecular flexibility index (Phi) is 4.25. The van der Waals surface area contributed by atoms with Crippen LogP contribution < -0.4 is 0 Å². The van der Waals surface area contributed by atoms with E-state index in [0.717, 1.165) is 0 Å². The first-order valence-corrected chi connectivity index (χ1v) is 4.90. The van der Waals surface area contributed by atoms with Crippen LogP contribution in [0.3, 0.4) is 0 Å². The largest absolute Gasteiger partial charge is 0.280 e. The van der Waals surface area contributed by atoms with E-state index in [1.165, 1.54) is 6.07 Å². The summed E-state index contributed by atoms with van der Waals surface area (Å²) in [5, 5.41) is 8.63. The van der Waals surface area contributed by atoms with E-state index in [0.29, 0.717) is 0 Å². The van der Waals surface area contributed by atoms with Crippen LogP contribution in [-0.2, 0) is 12.3 Å². The molecular formula is C9H6Cl2F2N2. The molecule has 0 fully saturated rings. The summed E-state index contributed by atoms with van der Waals surface area (Å²) in [5.41, 5.74) is -0.0543. The molecule has 0 unspecified atom stereocenters. The summed E-state index contributed by atoms with van der Waals surface area (Å²) in [6, 6.07) is 3.13. The van der Waals surface area contributed by atoms with Gasteiger partial charge in [-0.25, -0.2) is 13.8 Å². The van der Waals surface area contributed by atoms with Gasteiger partial charge in [-0.3, -0.25) is 0 Å². The van der Waals surface area contributed by atoms with Gasteiger partial charge in [0.1, 0.15) is 5.69 Å². The van der Waals surface area contributed by atoms with Crippen molar-refractivity contribution in [1.82, 2.24) is 4.98 Å². The van der Waals surface area contributed by atoms with Gasteiger partial charge in [-0.05, 0) is 11.6 Å². The van der Waals surface area contributed by atoms with Gasteiger partial charge in [-0.15, -0.1) is 11.6 Å². The molecule has 0 aliphatic rings. The Morgan fingerprint density at radius 1 is 1.53 bits per heavy atom. The van der Waals surface area contributed by atoms with Crippen LogP contribution in [-0.4, -0.2) is 4.98 Å². The Morgan fingerprint density at radius 3 is 2.67 bits per heavy atom. The van der Waals surface area contributed by atoms with Gasteiger partial charge in [-0.1, -0.05) is 11.6 Å². The van der Waals surface area contributed by atoms with Crippen molar-refractivity contribution < 1.29 is 8.78 Å². The molecule has 0 bridgehead atoms. The molecule has 0 saturated carbocycles. The molecule has 0 aliphatic carbocycles. The highest BCUT2D eigenvalue weighted by Gasteiger charge is 2.17. The summed E-state index contributed by atoms with van der Waals surface area (Å²) in [6.45, 7) is 0. The first-order chi connectivity index (χ1) is 7.10. The summed E-state index contributed by atoms with van der Waals surface area (Å²) in [6.07, 6.45) is -2.81. The number of hydrogen-bond donors (Lipinski definition) is 0. The molecule has 1 rings (SSSR count). The van der Waals surface area contributed by atoms with Gasteiger partial charge in [-0.2, -0.15) is 5.26 Å². The van der Waals surface area contributed by atoms with Gasteiger partial charge >= 0.3 is 0 Å². The Hall–Kier alpha value is -0.920. The first-order valence-electron chi connectivity index (χ1n) is 3.99. The van der Waals surface area contributed by atoms with Gasteiger partial charge in [0.2, 0.25) is 0 Å². The van der Waals surface area contributed by atoms with Gasteiger partial charge in [0.25, 0.3) is 6.43 Å². The van der Waals surface area contributed by atoms with E-state index < -0.39 is 12.1 Å². The minimum atomic E-state index is -2.71. The monoisotopic (exact) mass is 250 g/mol. The summed E-state index contributed by atoms with van der Waals surface area (Å²) in [7, 11) is 0. The molecule has 0 atom stereocenters. The second-order valence-corrected chi connectivity index (χ2v) is 3.40. The van der Waals surface area contributed by atoms with Crippen LogP contribution in [0.1, 0.15) is 23.4 Å². The van der Waals surface area contributed by atoms with Crippen LogP contribution in [0.15, 0.2) is 6.07 Å². The van der Waals surface area contributed by atoms with Crippen molar-refractivity contribution in [2.45, 2.75) is 18.7 Å². The zero-order chi connectivity index (χ0) is 11.4. The highest BCUT2D eigenvalue weighted by Crippen LogP contribution is 2.27. The van der Waals surface area contributed by atoms with E-state index in [1.807, 2.05) is 0 Å². The Bertz CT molecular complexity index is 402. The Balaban J connectivity index is 3.25. The number of pyridine rings is 1. The lowest BCUT2D eigenvalue weighted by molar-refractivity contribution is 0.145. The third-order valence-corrected chi connectivity index (χ3v) is 2.37. The maximum Gasteiger partial charge on any atom is 0.280 e. The number of aromatic nitrogens is 1. The molecule has 0 aromatic carbocycles. The molecule has 0 spiro atoms. The SMILES string of the molecule is N#CCc1nc(C(F)F)c(CCl)cc1Cl. The van der Waals surface area contributed by atoms with Gasteiger partial charge in [0.15, 0.2) is 0 Å². The predicted octanol–water partition coefficient (Wildman–Crippen LogP) is 3.48. The minimum Gasteiger partial charge on any atom is -0.249 e. The molecule has 0 amide bonds. The zero-order valence-electron chi connectivity index (χ0n) is 7.48. The number of rotatable bonds is 3. The topological polar surface area (TPSA) is 36.7 Å². The van der Waals surface area contributed by atoms with Crippen LogP contribution in [0.25, 0.3) is 0 Å².